The highest BCUT2D eigenvalue weighted by Gasteiger charge is 2.17. The van der Waals surface area contributed by atoms with Crippen molar-refractivity contribution in [3.63, 3.8) is 0 Å². The summed E-state index contributed by atoms with van der Waals surface area (Å²) in [7, 11) is 0. The molecule has 0 fully saturated rings. The molecule has 0 saturated carbocycles. The molecule has 0 aliphatic heterocycles. The highest BCUT2D eigenvalue weighted by atomic mass is 19.1. The van der Waals surface area contributed by atoms with Gasteiger partial charge in [-0.15, -0.1) is 0 Å². The first-order chi connectivity index (χ1) is 14.9. The molecule has 1 heterocycles. The molecule has 0 aliphatic carbocycles. The van der Waals surface area contributed by atoms with Crippen LogP contribution in [0.5, 0.6) is 5.75 Å². The van der Waals surface area contributed by atoms with Crippen molar-refractivity contribution in [1.82, 2.24) is 9.55 Å². The van der Waals surface area contributed by atoms with Gasteiger partial charge in [0.2, 0.25) is 0 Å². The third-order valence-corrected chi connectivity index (χ3v) is 4.81. The fourth-order valence-corrected chi connectivity index (χ4v) is 3.43. The van der Waals surface area contributed by atoms with E-state index in [-0.39, 0.29) is 29.3 Å². The molecule has 0 radical (unpaired) electrons. The SMILES string of the molecule is CC(=O)Oc1ccccc1-c1nc2ccc(F)cc2c(=O)n1CCc1cccc(F)c1. The molecule has 0 atom stereocenters. The van der Waals surface area contributed by atoms with Gasteiger partial charge in [-0.2, -0.15) is 0 Å². The molecular formula is C24H18F2N2O3. The van der Waals surface area contributed by atoms with Gasteiger partial charge in [0, 0.05) is 13.5 Å². The lowest BCUT2D eigenvalue weighted by molar-refractivity contribution is -0.131. The minimum absolute atomic E-state index is 0.132. The second-order valence-electron chi connectivity index (χ2n) is 7.02. The molecule has 7 heteroatoms. The van der Waals surface area contributed by atoms with Crippen molar-refractivity contribution in [3.05, 3.63) is 94.3 Å². The normalized spacial score (nSPS) is 10.9. The van der Waals surface area contributed by atoms with Gasteiger partial charge in [-0.25, -0.2) is 13.8 Å². The zero-order chi connectivity index (χ0) is 22.0. The Balaban J connectivity index is 1.89. The number of hydrogen-bond donors (Lipinski definition) is 0. The Labute approximate surface area is 176 Å². The number of carbonyl (C=O) groups is 1. The average molecular weight is 420 g/mol. The van der Waals surface area contributed by atoms with Crippen molar-refractivity contribution in [2.45, 2.75) is 19.9 Å². The van der Waals surface area contributed by atoms with E-state index in [1.54, 1.807) is 36.4 Å². The standard InChI is InChI=1S/C24H18F2N2O3/c1-15(29)31-22-8-3-2-7-19(22)23-27-21-10-9-18(26)14-20(21)24(30)28(23)12-11-16-5-4-6-17(25)13-16/h2-10,13-14H,11-12H2,1H3. The van der Waals surface area contributed by atoms with Crippen LogP contribution in [0.4, 0.5) is 8.78 Å². The summed E-state index contributed by atoms with van der Waals surface area (Å²) in [6.45, 7) is 1.45. The zero-order valence-corrected chi connectivity index (χ0v) is 16.6. The van der Waals surface area contributed by atoms with E-state index in [1.165, 1.54) is 35.8 Å². The van der Waals surface area contributed by atoms with Gasteiger partial charge in [-0.3, -0.25) is 14.2 Å². The van der Waals surface area contributed by atoms with Gasteiger partial charge in [0.05, 0.1) is 16.5 Å². The summed E-state index contributed by atoms with van der Waals surface area (Å²) in [5.74, 6) is -0.899. The van der Waals surface area contributed by atoms with Gasteiger partial charge in [-0.1, -0.05) is 24.3 Å². The van der Waals surface area contributed by atoms with E-state index < -0.39 is 17.3 Å². The van der Waals surface area contributed by atoms with Crippen molar-refractivity contribution in [3.8, 4) is 17.1 Å². The number of esters is 1. The van der Waals surface area contributed by atoms with Crippen LogP contribution in [0.3, 0.4) is 0 Å². The van der Waals surface area contributed by atoms with Gasteiger partial charge in [-0.05, 0) is 54.4 Å². The number of ether oxygens (including phenoxy) is 1. The van der Waals surface area contributed by atoms with Crippen LogP contribution >= 0.6 is 0 Å². The third-order valence-electron chi connectivity index (χ3n) is 4.81. The van der Waals surface area contributed by atoms with Gasteiger partial charge in [0.25, 0.3) is 5.56 Å². The zero-order valence-electron chi connectivity index (χ0n) is 16.6. The van der Waals surface area contributed by atoms with E-state index in [0.717, 1.165) is 6.07 Å². The van der Waals surface area contributed by atoms with Crippen LogP contribution in [-0.2, 0) is 17.8 Å². The molecule has 0 unspecified atom stereocenters. The van der Waals surface area contributed by atoms with Crippen LogP contribution in [0, 0.1) is 11.6 Å². The molecule has 4 rings (SSSR count). The molecule has 3 aromatic carbocycles. The molecule has 0 bridgehead atoms. The molecule has 5 nitrogen and oxygen atoms in total. The van der Waals surface area contributed by atoms with Gasteiger partial charge < -0.3 is 4.74 Å². The van der Waals surface area contributed by atoms with Crippen LogP contribution < -0.4 is 10.3 Å². The molecule has 1 aromatic heterocycles. The van der Waals surface area contributed by atoms with Crippen LogP contribution in [-0.4, -0.2) is 15.5 Å². The lowest BCUT2D eigenvalue weighted by Crippen LogP contribution is -2.25. The second kappa shape index (κ2) is 8.47. The lowest BCUT2D eigenvalue weighted by atomic mass is 10.1. The summed E-state index contributed by atoms with van der Waals surface area (Å²) in [4.78, 5) is 29.4. The summed E-state index contributed by atoms with van der Waals surface area (Å²) in [6.07, 6.45) is 0.350. The number of aryl methyl sites for hydroxylation is 1. The fraction of sp³-hybridized carbons (Fsp3) is 0.125. The largest absolute Gasteiger partial charge is 0.426 e. The number of halogens is 2. The Bertz CT molecular complexity index is 1350. The first kappa shape index (κ1) is 20.4. The second-order valence-corrected chi connectivity index (χ2v) is 7.02. The predicted octanol–water partition coefficient (Wildman–Crippen LogP) is 4.51. The quantitative estimate of drug-likeness (QED) is 0.352. The summed E-state index contributed by atoms with van der Waals surface area (Å²) in [5, 5.41) is 0.132. The van der Waals surface area contributed by atoms with E-state index in [9.17, 15) is 18.4 Å². The van der Waals surface area contributed by atoms with E-state index in [0.29, 0.717) is 23.1 Å². The summed E-state index contributed by atoms with van der Waals surface area (Å²) in [6, 6.07) is 16.6. The number of carbonyl (C=O) groups excluding carboxylic acids is 1. The smallest absolute Gasteiger partial charge is 0.308 e. The summed E-state index contributed by atoms with van der Waals surface area (Å²) < 4.78 is 34.1. The fourth-order valence-electron chi connectivity index (χ4n) is 3.43. The van der Waals surface area contributed by atoms with Crippen LogP contribution in [0.15, 0.2) is 71.5 Å². The Hall–Kier alpha value is -3.87. The van der Waals surface area contributed by atoms with Gasteiger partial charge in [0.15, 0.2) is 0 Å². The minimum atomic E-state index is -0.545. The molecule has 0 spiro atoms. The van der Waals surface area contributed by atoms with Gasteiger partial charge >= 0.3 is 5.97 Å². The molecule has 0 aliphatic rings. The highest BCUT2D eigenvalue weighted by Crippen LogP contribution is 2.29. The molecular weight excluding hydrogens is 402 g/mol. The lowest BCUT2D eigenvalue weighted by Gasteiger charge is -2.16. The summed E-state index contributed by atoms with van der Waals surface area (Å²) >= 11 is 0. The maximum absolute atomic E-state index is 13.8. The molecule has 0 amide bonds. The van der Waals surface area contributed by atoms with E-state index >= 15 is 0 Å². The third kappa shape index (κ3) is 4.35. The number of aromatic nitrogens is 2. The number of para-hydroxylation sites is 1. The average Bonchev–Trinajstić information content (AvgIpc) is 2.73. The Morgan fingerprint density at radius 1 is 1.00 bits per heavy atom. The maximum Gasteiger partial charge on any atom is 0.308 e. The Morgan fingerprint density at radius 3 is 2.55 bits per heavy atom. The van der Waals surface area contributed by atoms with E-state index in [4.69, 9.17) is 4.74 Å². The molecule has 156 valence electrons. The summed E-state index contributed by atoms with van der Waals surface area (Å²) in [5.41, 5.74) is 1.03. The van der Waals surface area contributed by atoms with Crippen molar-refractivity contribution >= 4 is 16.9 Å². The van der Waals surface area contributed by atoms with Crippen molar-refractivity contribution in [2.75, 3.05) is 0 Å². The number of benzene rings is 3. The number of hydrogen-bond acceptors (Lipinski definition) is 4. The van der Waals surface area contributed by atoms with Crippen LogP contribution in [0.2, 0.25) is 0 Å². The highest BCUT2D eigenvalue weighted by molar-refractivity contribution is 5.81. The molecule has 0 N–H and O–H groups in total. The molecule has 4 aromatic rings. The van der Waals surface area contributed by atoms with Crippen molar-refractivity contribution in [1.29, 1.82) is 0 Å². The molecule has 31 heavy (non-hydrogen) atoms. The topological polar surface area (TPSA) is 61.2 Å². The first-order valence-electron chi connectivity index (χ1n) is 9.65. The van der Waals surface area contributed by atoms with Gasteiger partial charge in [0.1, 0.15) is 23.2 Å². The maximum atomic E-state index is 13.8. The minimum Gasteiger partial charge on any atom is -0.426 e. The monoisotopic (exact) mass is 420 g/mol. The van der Waals surface area contributed by atoms with Crippen molar-refractivity contribution in [2.24, 2.45) is 0 Å². The first-order valence-corrected chi connectivity index (χ1v) is 9.65. The number of nitrogens with zero attached hydrogens (tertiary/aromatic N) is 2. The number of fused-ring (bicyclic) bond motifs is 1. The van der Waals surface area contributed by atoms with E-state index in [2.05, 4.69) is 4.98 Å². The number of rotatable bonds is 5. The Kier molecular flexibility index (Phi) is 5.58. The van der Waals surface area contributed by atoms with Crippen LogP contribution in [0.1, 0.15) is 12.5 Å². The Morgan fingerprint density at radius 2 is 1.77 bits per heavy atom. The van der Waals surface area contributed by atoms with Crippen molar-refractivity contribution < 1.29 is 18.3 Å². The predicted molar refractivity (Wildman–Crippen MR) is 113 cm³/mol. The van der Waals surface area contributed by atoms with Crippen LogP contribution in [0.25, 0.3) is 22.3 Å². The molecule has 0 saturated heterocycles. The van der Waals surface area contributed by atoms with E-state index in [1.807, 2.05) is 0 Å².